The first-order valence-corrected chi connectivity index (χ1v) is 12.7. The standard InChI is InChI=1S/C22H16N2O8S2/c1-9-3-5-13-17(21(9)33(27,28)29)19(25)11-7-16-12(8-15(11)23-13)20(26)18-14(24-16)6-4-10(2)22(18)34(30,31)32/h3-8H,1-2H3,(H,23,25)(H,24,26)(H,27,28,29)(H,30,31,32). The Hall–Kier alpha value is -3.58. The van der Waals surface area contributed by atoms with Crippen LogP contribution < -0.4 is 10.9 Å². The van der Waals surface area contributed by atoms with E-state index in [1.807, 2.05) is 0 Å². The highest BCUT2D eigenvalue weighted by Crippen LogP contribution is 2.28. The zero-order valence-corrected chi connectivity index (χ0v) is 19.3. The minimum atomic E-state index is -4.71. The Morgan fingerprint density at radius 2 is 0.971 bits per heavy atom. The van der Waals surface area contributed by atoms with E-state index in [0.717, 1.165) is 0 Å². The van der Waals surface area contributed by atoms with Gasteiger partial charge in [0.2, 0.25) is 0 Å². The number of nitrogens with one attached hydrogen (secondary N) is 2. The van der Waals surface area contributed by atoms with E-state index in [2.05, 4.69) is 9.97 Å². The van der Waals surface area contributed by atoms with Gasteiger partial charge in [0.25, 0.3) is 20.2 Å². The van der Waals surface area contributed by atoms with E-state index in [0.29, 0.717) is 0 Å². The third kappa shape index (κ3) is 3.15. The summed E-state index contributed by atoms with van der Waals surface area (Å²) in [6.45, 7) is 2.90. The van der Waals surface area contributed by atoms with E-state index in [1.54, 1.807) is 0 Å². The van der Waals surface area contributed by atoms with Gasteiger partial charge < -0.3 is 9.97 Å². The SMILES string of the molecule is Cc1ccc2[nH]c3cc4c(=O)c5c(S(=O)(=O)O)c(C)ccc5[nH]c4cc3c(=O)c2c1S(=O)(=O)O. The predicted octanol–water partition coefficient (Wildman–Crippen LogP) is 2.79. The summed E-state index contributed by atoms with van der Waals surface area (Å²) in [5.74, 6) is 0. The smallest absolute Gasteiger partial charge is 0.295 e. The molecule has 0 saturated carbocycles. The van der Waals surface area contributed by atoms with Crippen molar-refractivity contribution < 1.29 is 25.9 Å². The zero-order valence-electron chi connectivity index (χ0n) is 17.6. The Labute approximate surface area is 191 Å². The second kappa shape index (κ2) is 6.96. The van der Waals surface area contributed by atoms with Gasteiger partial charge in [-0.1, -0.05) is 12.1 Å². The highest BCUT2D eigenvalue weighted by Gasteiger charge is 2.23. The minimum Gasteiger partial charge on any atom is -0.354 e. The number of aromatic amines is 2. The van der Waals surface area contributed by atoms with E-state index in [1.165, 1.54) is 50.2 Å². The Kier molecular flexibility index (Phi) is 4.55. The molecule has 0 aliphatic heterocycles. The molecule has 0 atom stereocenters. The topological polar surface area (TPSA) is 174 Å². The van der Waals surface area contributed by atoms with Crippen molar-refractivity contribution in [2.75, 3.05) is 0 Å². The number of fused-ring (bicyclic) bond motifs is 4. The van der Waals surface area contributed by atoms with Crippen LogP contribution in [-0.2, 0) is 20.2 Å². The fraction of sp³-hybridized carbons (Fsp3) is 0.0909. The molecule has 0 aliphatic carbocycles. The van der Waals surface area contributed by atoms with Crippen molar-refractivity contribution in [1.29, 1.82) is 0 Å². The van der Waals surface area contributed by atoms with E-state index >= 15 is 0 Å². The third-order valence-corrected chi connectivity index (χ3v) is 7.95. The molecule has 4 N–H and O–H groups in total. The summed E-state index contributed by atoms with van der Waals surface area (Å²) in [4.78, 5) is 31.5. The van der Waals surface area contributed by atoms with Crippen molar-refractivity contribution in [3.63, 3.8) is 0 Å². The van der Waals surface area contributed by atoms with E-state index in [-0.39, 0.29) is 54.7 Å². The number of aryl methyl sites for hydroxylation is 2. The summed E-state index contributed by atoms with van der Waals surface area (Å²) in [7, 11) is -9.42. The van der Waals surface area contributed by atoms with Crippen molar-refractivity contribution in [3.05, 3.63) is 68.0 Å². The fourth-order valence-corrected chi connectivity index (χ4v) is 6.31. The van der Waals surface area contributed by atoms with Gasteiger partial charge in [0.15, 0.2) is 10.9 Å². The molecule has 2 heterocycles. The lowest BCUT2D eigenvalue weighted by atomic mass is 10.0. The maximum absolute atomic E-state index is 13.3. The molecule has 0 unspecified atom stereocenters. The second-order valence-corrected chi connectivity index (χ2v) is 10.8. The van der Waals surface area contributed by atoms with Crippen LogP contribution in [0.15, 0.2) is 55.8 Å². The number of rotatable bonds is 2. The van der Waals surface area contributed by atoms with Gasteiger partial charge in [-0.3, -0.25) is 18.7 Å². The van der Waals surface area contributed by atoms with Crippen LogP contribution in [0.25, 0.3) is 43.6 Å². The molecule has 0 spiro atoms. The normalized spacial score (nSPS) is 12.8. The summed E-state index contributed by atoms with van der Waals surface area (Å²) < 4.78 is 67.4. The molecule has 10 nitrogen and oxygen atoms in total. The summed E-state index contributed by atoms with van der Waals surface area (Å²) in [5.41, 5.74) is -0.331. The highest BCUT2D eigenvalue weighted by atomic mass is 32.2. The maximum atomic E-state index is 13.3. The molecule has 3 aromatic carbocycles. The predicted molar refractivity (Wildman–Crippen MR) is 127 cm³/mol. The van der Waals surface area contributed by atoms with Crippen LogP contribution in [0, 0.1) is 13.8 Å². The molecule has 0 amide bonds. The molecular weight excluding hydrogens is 484 g/mol. The fourth-order valence-electron chi connectivity index (χ4n) is 4.44. The quantitative estimate of drug-likeness (QED) is 0.211. The molecule has 12 heteroatoms. The maximum Gasteiger partial charge on any atom is 0.295 e. The molecule has 174 valence electrons. The number of benzene rings is 3. The molecule has 5 rings (SSSR count). The van der Waals surface area contributed by atoms with Crippen LogP contribution in [0.2, 0.25) is 0 Å². The highest BCUT2D eigenvalue weighted by molar-refractivity contribution is 7.86. The Morgan fingerprint density at radius 1 is 0.618 bits per heavy atom. The largest absolute Gasteiger partial charge is 0.354 e. The van der Waals surface area contributed by atoms with Crippen molar-refractivity contribution in [3.8, 4) is 0 Å². The summed E-state index contributed by atoms with van der Waals surface area (Å²) in [6, 6.07) is 8.52. The first-order chi connectivity index (χ1) is 15.8. The first kappa shape index (κ1) is 22.2. The van der Waals surface area contributed by atoms with Gasteiger partial charge in [-0.15, -0.1) is 0 Å². The van der Waals surface area contributed by atoms with E-state index < -0.39 is 40.9 Å². The molecule has 5 aromatic rings. The van der Waals surface area contributed by atoms with Crippen LogP contribution >= 0.6 is 0 Å². The lowest BCUT2D eigenvalue weighted by molar-refractivity contribution is 0.481. The van der Waals surface area contributed by atoms with Crippen LogP contribution in [0.1, 0.15) is 11.1 Å². The Bertz CT molecular complexity index is 1920. The molecular formula is C22H16N2O8S2. The van der Waals surface area contributed by atoms with Crippen molar-refractivity contribution in [1.82, 2.24) is 9.97 Å². The van der Waals surface area contributed by atoms with Gasteiger partial charge in [-0.25, -0.2) is 0 Å². The van der Waals surface area contributed by atoms with Crippen LogP contribution in [0.4, 0.5) is 0 Å². The molecule has 2 aromatic heterocycles. The van der Waals surface area contributed by atoms with Crippen LogP contribution in [0.3, 0.4) is 0 Å². The summed E-state index contributed by atoms with van der Waals surface area (Å²) >= 11 is 0. The van der Waals surface area contributed by atoms with Crippen LogP contribution in [-0.4, -0.2) is 35.9 Å². The molecule has 0 fully saturated rings. The summed E-state index contributed by atoms with van der Waals surface area (Å²) in [5, 5.41) is -0.344. The molecule has 34 heavy (non-hydrogen) atoms. The molecule has 0 saturated heterocycles. The van der Waals surface area contributed by atoms with Gasteiger partial charge in [-0.2, -0.15) is 16.8 Å². The Balaban J connectivity index is 2.01. The van der Waals surface area contributed by atoms with Gasteiger partial charge in [0.05, 0.1) is 32.8 Å². The first-order valence-electron chi connectivity index (χ1n) is 9.82. The number of hydrogen-bond donors (Lipinski definition) is 4. The zero-order chi connectivity index (χ0) is 24.7. The third-order valence-electron chi connectivity index (χ3n) is 5.86. The van der Waals surface area contributed by atoms with Gasteiger partial charge >= 0.3 is 0 Å². The number of hydrogen-bond acceptors (Lipinski definition) is 6. The average molecular weight is 501 g/mol. The van der Waals surface area contributed by atoms with Gasteiger partial charge in [-0.05, 0) is 49.2 Å². The monoisotopic (exact) mass is 500 g/mol. The number of H-pyrrole nitrogens is 2. The lowest BCUT2D eigenvalue weighted by Gasteiger charge is -2.11. The van der Waals surface area contributed by atoms with Crippen molar-refractivity contribution in [2.24, 2.45) is 0 Å². The molecule has 0 aliphatic rings. The van der Waals surface area contributed by atoms with Gasteiger partial charge in [0.1, 0.15) is 9.79 Å². The average Bonchev–Trinajstić information content (AvgIpc) is 2.72. The van der Waals surface area contributed by atoms with E-state index in [9.17, 15) is 35.5 Å². The minimum absolute atomic E-state index is 0.0487. The summed E-state index contributed by atoms with van der Waals surface area (Å²) in [6.07, 6.45) is 0. The van der Waals surface area contributed by atoms with E-state index in [4.69, 9.17) is 0 Å². The molecule has 0 bridgehead atoms. The lowest BCUT2D eigenvalue weighted by Crippen LogP contribution is -2.14. The van der Waals surface area contributed by atoms with Gasteiger partial charge in [0, 0.05) is 10.8 Å². The number of pyridine rings is 2. The van der Waals surface area contributed by atoms with Crippen molar-refractivity contribution in [2.45, 2.75) is 23.6 Å². The second-order valence-electron chi connectivity index (χ2n) is 8.07. The molecule has 0 radical (unpaired) electrons. The van der Waals surface area contributed by atoms with Crippen LogP contribution in [0.5, 0.6) is 0 Å². The number of aromatic nitrogens is 2. The van der Waals surface area contributed by atoms with Crippen molar-refractivity contribution >= 4 is 63.8 Å². The Morgan fingerprint density at radius 3 is 1.29 bits per heavy atom.